The van der Waals surface area contributed by atoms with Crippen molar-refractivity contribution >= 4 is 23.1 Å². The van der Waals surface area contributed by atoms with Crippen molar-refractivity contribution in [3.63, 3.8) is 0 Å². The largest absolute Gasteiger partial charge is 0.310 e. The molecule has 0 unspecified atom stereocenters. The van der Waals surface area contributed by atoms with Gasteiger partial charge in [0.1, 0.15) is 5.82 Å². The van der Waals surface area contributed by atoms with Crippen LogP contribution in [0.3, 0.4) is 0 Å². The topological polar surface area (TPSA) is 46.9 Å². The predicted molar refractivity (Wildman–Crippen MR) is 87.7 cm³/mol. The average molecular weight is 309 g/mol. The van der Waals surface area contributed by atoms with E-state index in [0.717, 1.165) is 22.8 Å². The number of amides is 1. The molecule has 4 nitrogen and oxygen atoms in total. The van der Waals surface area contributed by atoms with Crippen LogP contribution in [-0.4, -0.2) is 15.7 Å². The van der Waals surface area contributed by atoms with Crippen molar-refractivity contribution in [2.24, 2.45) is 0 Å². The van der Waals surface area contributed by atoms with Gasteiger partial charge in [0.15, 0.2) is 0 Å². The smallest absolute Gasteiger partial charge is 0.226 e. The molecule has 0 spiro atoms. The van der Waals surface area contributed by atoms with Gasteiger partial charge in [-0.15, -0.1) is 0 Å². The third kappa shape index (κ3) is 2.05. The highest BCUT2D eigenvalue weighted by Gasteiger charge is 2.32. The van der Waals surface area contributed by atoms with Gasteiger partial charge in [-0.1, -0.05) is 18.2 Å². The van der Waals surface area contributed by atoms with Crippen LogP contribution in [0.25, 0.3) is 5.69 Å². The Bertz CT molecular complexity index is 821. The molecule has 1 N–H and O–H groups in total. The van der Waals surface area contributed by atoms with Gasteiger partial charge in [-0.2, -0.15) is 16.4 Å². The number of rotatable bonds is 2. The van der Waals surface area contributed by atoms with E-state index in [1.807, 2.05) is 41.9 Å². The highest BCUT2D eigenvalue weighted by molar-refractivity contribution is 7.08. The summed E-state index contributed by atoms with van der Waals surface area (Å²) >= 11 is 1.66. The highest BCUT2D eigenvalue weighted by atomic mass is 32.1. The number of aromatic nitrogens is 2. The van der Waals surface area contributed by atoms with Gasteiger partial charge in [-0.3, -0.25) is 4.79 Å². The molecule has 1 aromatic carbocycles. The number of carbonyl (C=O) groups excluding carboxylic acids is 1. The summed E-state index contributed by atoms with van der Waals surface area (Å²) < 4.78 is 1.83. The number of aryl methyl sites for hydroxylation is 1. The molecule has 2 aromatic heterocycles. The van der Waals surface area contributed by atoms with Crippen LogP contribution in [-0.2, 0) is 4.79 Å². The molecule has 0 saturated carbocycles. The van der Waals surface area contributed by atoms with Crippen molar-refractivity contribution in [3.05, 3.63) is 64.0 Å². The van der Waals surface area contributed by atoms with Gasteiger partial charge < -0.3 is 5.32 Å². The zero-order valence-electron chi connectivity index (χ0n) is 12.1. The van der Waals surface area contributed by atoms with E-state index in [9.17, 15) is 4.79 Å². The standard InChI is InChI=1S/C17H15N3OS/c1-11-16-14(12-7-8-22-10-12)9-15(21)18-17(16)20(19-11)13-5-3-2-4-6-13/h2-8,10,14H,9H2,1H3,(H,18,21)/t14-/m0/s1. The van der Waals surface area contributed by atoms with Gasteiger partial charge in [0.05, 0.1) is 11.4 Å². The van der Waals surface area contributed by atoms with Crippen molar-refractivity contribution in [1.29, 1.82) is 0 Å². The minimum absolute atomic E-state index is 0.0424. The molecule has 1 aliphatic rings. The molecule has 1 amide bonds. The Labute approximate surface area is 132 Å². The molecule has 110 valence electrons. The van der Waals surface area contributed by atoms with E-state index in [4.69, 9.17) is 0 Å². The van der Waals surface area contributed by atoms with Crippen LogP contribution in [0.1, 0.15) is 29.2 Å². The third-order valence-corrected chi connectivity index (χ3v) is 4.75. The number of thiophene rings is 1. The number of nitrogens with one attached hydrogen (secondary N) is 1. The zero-order chi connectivity index (χ0) is 15.1. The van der Waals surface area contributed by atoms with Gasteiger partial charge in [0.25, 0.3) is 0 Å². The summed E-state index contributed by atoms with van der Waals surface area (Å²) in [5, 5.41) is 11.8. The lowest BCUT2D eigenvalue weighted by Gasteiger charge is -2.23. The van der Waals surface area contributed by atoms with Crippen LogP contribution in [0.2, 0.25) is 0 Å². The SMILES string of the molecule is Cc1nn(-c2ccccc2)c2c1[C@H](c1ccsc1)CC(=O)N2. The Morgan fingerprint density at radius 2 is 2.09 bits per heavy atom. The van der Waals surface area contributed by atoms with Crippen LogP contribution >= 0.6 is 11.3 Å². The number of fused-ring (bicyclic) bond motifs is 1. The van der Waals surface area contributed by atoms with Crippen LogP contribution in [0, 0.1) is 6.92 Å². The van der Waals surface area contributed by atoms with E-state index in [2.05, 4.69) is 27.2 Å². The molecule has 0 bridgehead atoms. The zero-order valence-corrected chi connectivity index (χ0v) is 12.9. The number of nitrogens with zero attached hydrogens (tertiary/aromatic N) is 2. The van der Waals surface area contributed by atoms with Crippen LogP contribution in [0.15, 0.2) is 47.2 Å². The molecule has 4 rings (SSSR count). The molecule has 0 saturated heterocycles. The maximum Gasteiger partial charge on any atom is 0.226 e. The molecule has 1 atom stereocenters. The molecule has 5 heteroatoms. The second kappa shape index (κ2) is 5.10. The third-order valence-electron chi connectivity index (χ3n) is 4.05. The number of carbonyl (C=O) groups is 1. The fraction of sp³-hybridized carbons (Fsp3) is 0.176. The van der Waals surface area contributed by atoms with Crippen LogP contribution in [0.5, 0.6) is 0 Å². The summed E-state index contributed by atoms with van der Waals surface area (Å²) in [5.74, 6) is 0.935. The average Bonchev–Trinajstić information content (AvgIpc) is 3.16. The Kier molecular flexibility index (Phi) is 3.08. The summed E-state index contributed by atoms with van der Waals surface area (Å²) in [6.45, 7) is 2.01. The summed E-state index contributed by atoms with van der Waals surface area (Å²) in [6, 6.07) is 12.0. The Morgan fingerprint density at radius 1 is 1.27 bits per heavy atom. The first-order valence-corrected chi connectivity index (χ1v) is 8.15. The van der Waals surface area contributed by atoms with Gasteiger partial charge in [-0.25, -0.2) is 4.68 Å². The normalized spacial score (nSPS) is 17.1. The van der Waals surface area contributed by atoms with Crippen LogP contribution < -0.4 is 5.32 Å². The Morgan fingerprint density at radius 3 is 2.82 bits per heavy atom. The minimum atomic E-state index is 0.0424. The number of hydrogen-bond acceptors (Lipinski definition) is 3. The van der Waals surface area contributed by atoms with E-state index in [-0.39, 0.29) is 11.8 Å². The van der Waals surface area contributed by atoms with Crippen molar-refractivity contribution in [2.45, 2.75) is 19.3 Å². The fourth-order valence-corrected chi connectivity index (χ4v) is 3.78. The summed E-state index contributed by atoms with van der Waals surface area (Å²) in [4.78, 5) is 12.2. The number of benzene rings is 1. The first-order chi connectivity index (χ1) is 10.7. The van der Waals surface area contributed by atoms with Crippen molar-refractivity contribution in [1.82, 2.24) is 9.78 Å². The second-order valence-corrected chi connectivity index (χ2v) is 6.24. The lowest BCUT2D eigenvalue weighted by Crippen LogP contribution is -2.24. The van der Waals surface area contributed by atoms with Gasteiger partial charge in [0.2, 0.25) is 5.91 Å². The molecule has 3 aromatic rings. The number of hydrogen-bond donors (Lipinski definition) is 1. The van der Waals surface area contributed by atoms with Gasteiger partial charge in [0, 0.05) is 17.9 Å². The minimum Gasteiger partial charge on any atom is -0.310 e. The predicted octanol–water partition coefficient (Wildman–Crippen LogP) is 3.72. The van der Waals surface area contributed by atoms with Crippen LogP contribution in [0.4, 0.5) is 5.82 Å². The summed E-state index contributed by atoms with van der Waals surface area (Å²) in [6.07, 6.45) is 0.477. The summed E-state index contributed by atoms with van der Waals surface area (Å²) in [7, 11) is 0. The van der Waals surface area contributed by atoms with E-state index in [1.54, 1.807) is 11.3 Å². The lowest BCUT2D eigenvalue weighted by molar-refractivity contribution is -0.116. The van der Waals surface area contributed by atoms with E-state index in [1.165, 1.54) is 5.56 Å². The molecule has 3 heterocycles. The summed E-state index contributed by atoms with van der Waals surface area (Å²) in [5.41, 5.74) is 4.24. The van der Waals surface area contributed by atoms with Crippen molar-refractivity contribution in [2.75, 3.05) is 5.32 Å². The van der Waals surface area contributed by atoms with E-state index < -0.39 is 0 Å². The number of para-hydroxylation sites is 1. The molecular weight excluding hydrogens is 294 g/mol. The van der Waals surface area contributed by atoms with E-state index in [0.29, 0.717) is 6.42 Å². The first kappa shape index (κ1) is 13.3. The quantitative estimate of drug-likeness (QED) is 0.784. The van der Waals surface area contributed by atoms with Gasteiger partial charge >= 0.3 is 0 Å². The Hall–Kier alpha value is -2.40. The van der Waals surface area contributed by atoms with Crippen molar-refractivity contribution < 1.29 is 4.79 Å². The highest BCUT2D eigenvalue weighted by Crippen LogP contribution is 2.40. The van der Waals surface area contributed by atoms with Gasteiger partial charge in [-0.05, 0) is 41.4 Å². The number of anilines is 1. The van der Waals surface area contributed by atoms with E-state index >= 15 is 0 Å². The maximum absolute atomic E-state index is 12.2. The second-order valence-electron chi connectivity index (χ2n) is 5.46. The maximum atomic E-state index is 12.2. The fourth-order valence-electron chi connectivity index (χ4n) is 3.06. The van der Waals surface area contributed by atoms with Crippen molar-refractivity contribution in [3.8, 4) is 5.69 Å². The molecule has 1 aliphatic heterocycles. The molecule has 22 heavy (non-hydrogen) atoms. The molecule has 0 radical (unpaired) electrons. The first-order valence-electron chi connectivity index (χ1n) is 7.21. The monoisotopic (exact) mass is 309 g/mol. The molecular formula is C17H15N3OS. The molecule has 0 aliphatic carbocycles. The molecule has 0 fully saturated rings. The Balaban J connectivity index is 1.90. The lowest BCUT2D eigenvalue weighted by atomic mass is 9.87.